The molecule has 1 atom stereocenters. The van der Waals surface area contributed by atoms with E-state index in [0.717, 1.165) is 0 Å². The Hall–Kier alpha value is -0.530. The minimum atomic E-state index is 0. The molecule has 1 heterocycles. The van der Waals surface area contributed by atoms with Gasteiger partial charge in [0.25, 0.3) is 0 Å². The van der Waals surface area contributed by atoms with Gasteiger partial charge in [-0.25, -0.2) is 0 Å². The molecule has 2 heteroatoms. The van der Waals surface area contributed by atoms with E-state index in [1.165, 1.54) is 47.2 Å². The molecule has 0 saturated carbocycles. The molecule has 1 nitrogen and oxygen atoms in total. The largest absolute Gasteiger partial charge is 0.310 e. The summed E-state index contributed by atoms with van der Waals surface area (Å²) in [5.74, 6) is 0. The predicted octanol–water partition coefficient (Wildman–Crippen LogP) is 4.08. The summed E-state index contributed by atoms with van der Waals surface area (Å²) in [5, 5.41) is 3.63. The van der Waals surface area contributed by atoms with Crippen molar-refractivity contribution < 1.29 is 0 Å². The van der Waals surface area contributed by atoms with Crippen LogP contribution in [0.3, 0.4) is 0 Å². The van der Waals surface area contributed by atoms with Gasteiger partial charge in [-0.2, -0.15) is 0 Å². The number of rotatable bonds is 1. The number of halogens is 1. The molecular formula is C15H24ClN. The number of nitrogens with one attached hydrogen (secondary N) is 1. The molecule has 2 rings (SSSR count). The Bertz CT molecular complexity index is 388. The van der Waals surface area contributed by atoms with E-state index in [9.17, 15) is 0 Å². The summed E-state index contributed by atoms with van der Waals surface area (Å²) in [4.78, 5) is 0. The molecule has 0 bridgehead atoms. The molecule has 0 amide bonds. The van der Waals surface area contributed by atoms with Gasteiger partial charge in [-0.15, -0.1) is 12.4 Å². The molecule has 1 aliphatic rings. The van der Waals surface area contributed by atoms with Crippen LogP contribution in [0, 0.1) is 34.6 Å². The fourth-order valence-corrected chi connectivity index (χ4v) is 2.98. The average Bonchev–Trinajstić information content (AvgIpc) is 2.77. The van der Waals surface area contributed by atoms with Crippen LogP contribution in [-0.2, 0) is 0 Å². The lowest BCUT2D eigenvalue weighted by atomic mass is 9.86. The highest BCUT2D eigenvalue weighted by molar-refractivity contribution is 5.85. The first-order chi connectivity index (χ1) is 7.54. The molecular weight excluding hydrogens is 230 g/mol. The highest BCUT2D eigenvalue weighted by atomic mass is 35.5. The first-order valence-corrected chi connectivity index (χ1v) is 6.34. The zero-order valence-electron chi connectivity index (χ0n) is 11.6. The van der Waals surface area contributed by atoms with Crippen molar-refractivity contribution in [2.75, 3.05) is 6.54 Å². The topological polar surface area (TPSA) is 12.0 Å². The second-order valence-corrected chi connectivity index (χ2v) is 5.19. The van der Waals surface area contributed by atoms with E-state index in [1.807, 2.05) is 0 Å². The maximum atomic E-state index is 3.63. The number of benzene rings is 1. The predicted molar refractivity (Wildman–Crippen MR) is 77.4 cm³/mol. The summed E-state index contributed by atoms with van der Waals surface area (Å²) in [6.45, 7) is 12.5. The second kappa shape index (κ2) is 5.41. The SMILES string of the molecule is Cc1c(C)c(C)c([C@@H]2CCCN2)c(C)c1C.Cl. The Morgan fingerprint density at radius 2 is 1.29 bits per heavy atom. The minimum absolute atomic E-state index is 0. The van der Waals surface area contributed by atoms with Gasteiger partial charge in [-0.05, 0) is 87.4 Å². The quantitative estimate of drug-likeness (QED) is 0.796. The molecule has 0 radical (unpaired) electrons. The maximum Gasteiger partial charge on any atom is 0.0326 e. The fourth-order valence-electron chi connectivity index (χ4n) is 2.98. The van der Waals surface area contributed by atoms with E-state index >= 15 is 0 Å². The van der Waals surface area contributed by atoms with E-state index < -0.39 is 0 Å². The molecule has 17 heavy (non-hydrogen) atoms. The van der Waals surface area contributed by atoms with Crippen molar-refractivity contribution in [3.63, 3.8) is 0 Å². The average molecular weight is 254 g/mol. The van der Waals surface area contributed by atoms with E-state index in [2.05, 4.69) is 39.9 Å². The molecule has 0 unspecified atom stereocenters. The number of hydrogen-bond donors (Lipinski definition) is 1. The van der Waals surface area contributed by atoms with Crippen molar-refractivity contribution in [2.45, 2.75) is 53.5 Å². The first-order valence-electron chi connectivity index (χ1n) is 6.34. The molecule has 1 aromatic rings. The molecule has 1 N–H and O–H groups in total. The third-order valence-corrected chi connectivity index (χ3v) is 4.47. The van der Waals surface area contributed by atoms with Crippen LogP contribution in [0.4, 0.5) is 0 Å². The second-order valence-electron chi connectivity index (χ2n) is 5.19. The van der Waals surface area contributed by atoms with Crippen molar-refractivity contribution in [1.29, 1.82) is 0 Å². The van der Waals surface area contributed by atoms with E-state index in [0.29, 0.717) is 6.04 Å². The van der Waals surface area contributed by atoms with Gasteiger partial charge in [0.15, 0.2) is 0 Å². The van der Waals surface area contributed by atoms with E-state index in [1.54, 1.807) is 5.56 Å². The highest BCUT2D eigenvalue weighted by Crippen LogP contribution is 2.33. The zero-order valence-corrected chi connectivity index (χ0v) is 12.4. The van der Waals surface area contributed by atoms with Gasteiger partial charge in [-0.1, -0.05) is 0 Å². The Morgan fingerprint density at radius 1 is 0.824 bits per heavy atom. The van der Waals surface area contributed by atoms with Crippen LogP contribution in [0.2, 0.25) is 0 Å². The monoisotopic (exact) mass is 253 g/mol. The summed E-state index contributed by atoms with van der Waals surface area (Å²) >= 11 is 0. The number of hydrogen-bond acceptors (Lipinski definition) is 1. The zero-order chi connectivity index (χ0) is 11.9. The fraction of sp³-hybridized carbons (Fsp3) is 0.600. The summed E-state index contributed by atoms with van der Waals surface area (Å²) in [6, 6.07) is 0.595. The standard InChI is InChI=1S/C15H23N.ClH/c1-9-10(2)12(4)15(13(5)11(9)3)14-7-6-8-16-14;/h14,16H,6-8H2,1-5H3;1H/t14-;/m0./s1. The summed E-state index contributed by atoms with van der Waals surface area (Å²) in [6.07, 6.45) is 2.61. The van der Waals surface area contributed by atoms with Crippen LogP contribution >= 0.6 is 12.4 Å². The van der Waals surface area contributed by atoms with Gasteiger partial charge >= 0.3 is 0 Å². The highest BCUT2D eigenvalue weighted by Gasteiger charge is 2.22. The van der Waals surface area contributed by atoms with E-state index in [4.69, 9.17) is 0 Å². The lowest BCUT2D eigenvalue weighted by Crippen LogP contribution is -2.17. The molecule has 1 fully saturated rings. The summed E-state index contributed by atoms with van der Waals surface area (Å²) < 4.78 is 0. The van der Waals surface area contributed by atoms with E-state index in [-0.39, 0.29) is 12.4 Å². The molecule has 1 saturated heterocycles. The van der Waals surface area contributed by atoms with Crippen LogP contribution < -0.4 is 5.32 Å². The van der Waals surface area contributed by atoms with Crippen LogP contribution in [0.25, 0.3) is 0 Å². The van der Waals surface area contributed by atoms with Crippen molar-refractivity contribution in [3.8, 4) is 0 Å². The third kappa shape index (κ3) is 2.36. The van der Waals surface area contributed by atoms with Gasteiger partial charge in [0.05, 0.1) is 0 Å². The molecule has 1 aliphatic heterocycles. The van der Waals surface area contributed by atoms with Gasteiger partial charge in [0.2, 0.25) is 0 Å². The maximum absolute atomic E-state index is 3.63. The molecule has 0 aliphatic carbocycles. The van der Waals surface area contributed by atoms with Gasteiger partial charge < -0.3 is 5.32 Å². The lowest BCUT2D eigenvalue weighted by Gasteiger charge is -2.23. The molecule has 96 valence electrons. The molecule has 1 aromatic carbocycles. The van der Waals surface area contributed by atoms with Crippen molar-refractivity contribution in [2.24, 2.45) is 0 Å². The van der Waals surface area contributed by atoms with Crippen LogP contribution in [-0.4, -0.2) is 6.54 Å². The summed E-state index contributed by atoms with van der Waals surface area (Å²) in [5.41, 5.74) is 8.99. The normalized spacial score (nSPS) is 19.2. The molecule has 0 spiro atoms. The lowest BCUT2D eigenvalue weighted by molar-refractivity contribution is 0.637. The van der Waals surface area contributed by atoms with Crippen LogP contribution in [0.1, 0.15) is 52.3 Å². The van der Waals surface area contributed by atoms with Crippen molar-refractivity contribution in [1.82, 2.24) is 5.32 Å². The Balaban J connectivity index is 0.00000144. The Kier molecular flexibility index (Phi) is 4.62. The smallest absolute Gasteiger partial charge is 0.0326 e. The Morgan fingerprint density at radius 3 is 1.71 bits per heavy atom. The third-order valence-electron chi connectivity index (χ3n) is 4.47. The van der Waals surface area contributed by atoms with Crippen LogP contribution in [0.15, 0.2) is 0 Å². The van der Waals surface area contributed by atoms with Gasteiger partial charge in [0.1, 0.15) is 0 Å². The molecule has 0 aromatic heterocycles. The minimum Gasteiger partial charge on any atom is -0.310 e. The Labute approximate surface area is 111 Å². The van der Waals surface area contributed by atoms with Crippen molar-refractivity contribution >= 4 is 12.4 Å². The summed E-state index contributed by atoms with van der Waals surface area (Å²) in [7, 11) is 0. The first kappa shape index (κ1) is 14.5. The van der Waals surface area contributed by atoms with Gasteiger partial charge in [0, 0.05) is 6.04 Å². The van der Waals surface area contributed by atoms with Crippen molar-refractivity contribution in [3.05, 3.63) is 33.4 Å². The van der Waals surface area contributed by atoms with Gasteiger partial charge in [-0.3, -0.25) is 0 Å². The van der Waals surface area contributed by atoms with Crippen LogP contribution in [0.5, 0.6) is 0 Å².